The van der Waals surface area contributed by atoms with Crippen molar-refractivity contribution in [1.29, 1.82) is 0 Å². The second kappa shape index (κ2) is 79.0. The zero-order chi connectivity index (χ0) is 55.2. The number of hydrogen-bond acceptors (Lipinski definition) is 9. The molecule has 0 heterocycles. The molecule has 10 heteroatoms. The van der Waals surface area contributed by atoms with Gasteiger partial charge in [-0.1, -0.05) is 231 Å². The fourth-order valence-electron chi connectivity index (χ4n) is 7.92. The summed E-state index contributed by atoms with van der Waals surface area (Å²) in [5.41, 5.74) is 0. The van der Waals surface area contributed by atoms with Gasteiger partial charge in [0, 0.05) is 0 Å². The Morgan fingerprint density at radius 2 is 0.459 bits per heavy atom. The van der Waals surface area contributed by atoms with Crippen LogP contribution in [0.5, 0.6) is 0 Å². The van der Waals surface area contributed by atoms with Crippen molar-refractivity contribution in [2.75, 3.05) is 37.1 Å². The summed E-state index contributed by atoms with van der Waals surface area (Å²) in [5.74, 6) is -0.0614. The van der Waals surface area contributed by atoms with Gasteiger partial charge in [0.05, 0.1) is 37.1 Å². The minimum absolute atomic E-state index is 0.187. The van der Waals surface area contributed by atoms with E-state index in [-0.39, 0.29) is 35.2 Å². The average molecular weight is 1200 g/mol. The Labute approximate surface area is 491 Å². The van der Waals surface area contributed by atoms with Gasteiger partial charge in [0.2, 0.25) is 0 Å². The van der Waals surface area contributed by atoms with Crippen LogP contribution in [0.15, 0.2) is 36.5 Å². The van der Waals surface area contributed by atoms with E-state index in [1.165, 1.54) is 248 Å². The Morgan fingerprint density at radius 1 is 0.284 bits per heavy atom. The maximum atomic E-state index is 10.9. The van der Waals surface area contributed by atoms with Crippen LogP contribution in [0.2, 0.25) is 4.44 Å². The number of thiol groups is 3. The van der Waals surface area contributed by atoms with E-state index in [4.69, 9.17) is 14.2 Å². The van der Waals surface area contributed by atoms with Crippen LogP contribution in [0, 0.1) is 0 Å². The molecule has 74 heavy (non-hydrogen) atoms. The van der Waals surface area contributed by atoms with Gasteiger partial charge < -0.3 is 14.2 Å². The third kappa shape index (κ3) is 85.4. The molecule has 0 fully saturated rings. The fraction of sp³-hybridized carbons (Fsp3) is 0.859. The first-order valence-electron chi connectivity index (χ1n) is 31.2. The molecule has 0 aromatic carbocycles. The molecule has 0 aromatic rings. The molecule has 0 saturated carbocycles. The summed E-state index contributed by atoms with van der Waals surface area (Å²) in [5, 5.41) is 0. The van der Waals surface area contributed by atoms with Gasteiger partial charge >= 0.3 is 64.6 Å². The van der Waals surface area contributed by atoms with E-state index in [9.17, 15) is 14.4 Å². The van der Waals surface area contributed by atoms with Gasteiger partial charge in [-0.2, -0.15) is 37.9 Å². The van der Waals surface area contributed by atoms with Crippen LogP contribution in [0.25, 0.3) is 0 Å². The standard InChI is InChI=1S/3C20H38O2S.C4H9.Sn/c3*1-2-3-4-5-6-7-8-9-10-11-12-13-14-15-16-17-18-22-20(21)19-23;1-3-4-2;/h3*9-10,23H,2-8,11-19H2,1H3;1,3-4H2,2H3;/b3*10-9-;;. The van der Waals surface area contributed by atoms with Crippen molar-refractivity contribution in [2.45, 2.75) is 315 Å². The van der Waals surface area contributed by atoms with Gasteiger partial charge in [0.15, 0.2) is 0 Å². The van der Waals surface area contributed by atoms with Crippen molar-refractivity contribution in [3.05, 3.63) is 36.5 Å². The van der Waals surface area contributed by atoms with Crippen molar-refractivity contribution >= 4 is 78.3 Å². The molecule has 0 aromatic heterocycles. The van der Waals surface area contributed by atoms with E-state index in [2.05, 4.69) is 102 Å². The summed E-state index contributed by atoms with van der Waals surface area (Å²) >= 11 is 13.3. The number of carbonyl (C=O) groups is 3. The molecule has 0 aliphatic carbocycles. The number of esters is 3. The quantitative estimate of drug-likeness (QED) is 0.0141. The van der Waals surface area contributed by atoms with Gasteiger partial charge in [-0.15, -0.1) is 0 Å². The molecular weight excluding hydrogens is 1080 g/mol. The van der Waals surface area contributed by atoms with E-state index in [0.29, 0.717) is 19.8 Å². The van der Waals surface area contributed by atoms with Gasteiger partial charge in [-0.3, -0.25) is 14.4 Å². The minimum atomic E-state index is -0.207. The Balaban J connectivity index is -0.000000473. The van der Waals surface area contributed by atoms with Crippen LogP contribution >= 0.6 is 37.9 Å². The Hall–Kier alpha value is -0.521. The SMILES string of the molecule is CCCCCCCC/C=C\CCCCCCCCOC(=O)CS.CCCCCCCC/C=C\CCCCCCCCOC(=O)CS.CCCCCCCC/C=C\CCCCCCCCOC(=O)CS.CCC[CH2][Sn]. The first kappa shape index (κ1) is 80.0. The van der Waals surface area contributed by atoms with E-state index < -0.39 is 0 Å². The molecule has 0 atom stereocenters. The van der Waals surface area contributed by atoms with Crippen LogP contribution in [-0.4, -0.2) is 77.5 Å². The number of ether oxygens (including phenoxy) is 3. The number of rotatable bonds is 53. The Bertz CT molecular complexity index is 1020. The summed E-state index contributed by atoms with van der Waals surface area (Å²) in [6, 6.07) is 0. The summed E-state index contributed by atoms with van der Waals surface area (Å²) in [6.45, 7) is 10.7. The summed E-state index contributed by atoms with van der Waals surface area (Å²) in [7, 11) is 0. The second-order valence-corrected chi connectivity index (χ2v) is 22.4. The van der Waals surface area contributed by atoms with Crippen LogP contribution in [-0.2, 0) is 28.6 Å². The maximum absolute atomic E-state index is 10.9. The van der Waals surface area contributed by atoms with Gasteiger partial charge in [0.1, 0.15) is 0 Å². The topological polar surface area (TPSA) is 78.9 Å². The first-order valence-corrected chi connectivity index (χ1v) is 35.1. The van der Waals surface area contributed by atoms with Gasteiger partial charge in [-0.25, -0.2) is 0 Å². The van der Waals surface area contributed by atoms with E-state index in [1.807, 2.05) is 0 Å². The van der Waals surface area contributed by atoms with Crippen LogP contribution in [0.1, 0.15) is 310 Å². The van der Waals surface area contributed by atoms with Crippen LogP contribution in [0.3, 0.4) is 0 Å². The average Bonchev–Trinajstić information content (AvgIpc) is 3.41. The molecule has 0 N–H and O–H groups in total. The molecule has 437 valence electrons. The monoisotopic (exact) mass is 1200 g/mol. The third-order valence-corrected chi connectivity index (χ3v) is 14.5. The molecule has 0 amide bonds. The zero-order valence-electron chi connectivity index (χ0n) is 49.3. The van der Waals surface area contributed by atoms with Crippen molar-refractivity contribution in [2.24, 2.45) is 0 Å². The second-order valence-electron chi connectivity index (χ2n) is 20.1. The molecule has 0 aliphatic rings. The van der Waals surface area contributed by atoms with Crippen molar-refractivity contribution < 1.29 is 28.6 Å². The molecule has 3 radical (unpaired) electrons. The van der Waals surface area contributed by atoms with E-state index in [1.54, 1.807) is 22.5 Å². The van der Waals surface area contributed by atoms with Crippen molar-refractivity contribution in [1.82, 2.24) is 0 Å². The van der Waals surface area contributed by atoms with Crippen molar-refractivity contribution in [3.8, 4) is 0 Å². The third-order valence-electron chi connectivity index (χ3n) is 12.7. The zero-order valence-corrected chi connectivity index (χ0v) is 54.9. The van der Waals surface area contributed by atoms with Crippen LogP contribution in [0.4, 0.5) is 0 Å². The van der Waals surface area contributed by atoms with Crippen molar-refractivity contribution in [3.63, 3.8) is 0 Å². The molecule has 6 nitrogen and oxygen atoms in total. The van der Waals surface area contributed by atoms with E-state index in [0.717, 1.165) is 38.5 Å². The summed E-state index contributed by atoms with van der Waals surface area (Å²) < 4.78 is 16.4. The first-order chi connectivity index (χ1) is 36.3. The predicted molar refractivity (Wildman–Crippen MR) is 338 cm³/mol. The molecule has 0 bridgehead atoms. The predicted octanol–water partition coefficient (Wildman–Crippen LogP) is 20.9. The molecule has 0 unspecified atom stereocenters. The normalized spacial score (nSPS) is 11.0. The Morgan fingerprint density at radius 3 is 0.622 bits per heavy atom. The van der Waals surface area contributed by atoms with Crippen LogP contribution < -0.4 is 0 Å². The molecule has 0 saturated heterocycles. The summed E-state index contributed by atoms with van der Waals surface area (Å²) in [4.78, 5) is 32.6. The molecule has 0 rings (SSSR count). The van der Waals surface area contributed by atoms with Gasteiger partial charge in [-0.05, 0) is 96.3 Å². The number of carbonyl (C=O) groups excluding carboxylic acids is 3. The molecular formula is C64H123O6S3Sn. The fourth-order valence-corrected chi connectivity index (χ4v) is 9.20. The summed E-state index contributed by atoms with van der Waals surface area (Å²) in [6.07, 6.45) is 71.4. The number of unbranched alkanes of at least 4 members (excludes halogenated alkanes) is 37. The number of allylic oxidation sites excluding steroid dienone is 6. The number of hydrogen-bond donors (Lipinski definition) is 3. The molecule has 0 aliphatic heterocycles. The molecule has 0 spiro atoms. The van der Waals surface area contributed by atoms with Gasteiger partial charge in [0.25, 0.3) is 0 Å². The Kier molecular flexibility index (Phi) is 85.3. The van der Waals surface area contributed by atoms with E-state index >= 15 is 0 Å².